The van der Waals surface area contributed by atoms with Gasteiger partial charge < -0.3 is 10.2 Å². The highest BCUT2D eigenvalue weighted by atomic mass is 32.1. The zero-order valence-electron chi connectivity index (χ0n) is 13.3. The minimum absolute atomic E-state index is 0.361. The average molecular weight is 305 g/mol. The smallest absolute Gasteiger partial charge is 0.137 e. The molecule has 0 aromatic carbocycles. The second-order valence-electron chi connectivity index (χ2n) is 5.36. The summed E-state index contributed by atoms with van der Waals surface area (Å²) in [7, 11) is 2.07. The third-order valence-corrected chi connectivity index (χ3v) is 4.29. The lowest BCUT2D eigenvalue weighted by Gasteiger charge is -2.24. The van der Waals surface area contributed by atoms with Crippen molar-refractivity contribution >= 4 is 23.0 Å². The summed E-state index contributed by atoms with van der Waals surface area (Å²) in [5.74, 6) is 2.29. The molecule has 0 spiro atoms. The van der Waals surface area contributed by atoms with Gasteiger partial charge in [-0.05, 0) is 19.8 Å². The van der Waals surface area contributed by atoms with Crippen LogP contribution in [0.15, 0.2) is 11.8 Å². The molecule has 0 saturated heterocycles. The largest absolute Gasteiger partial charge is 0.370 e. The van der Waals surface area contributed by atoms with Crippen LogP contribution < -0.4 is 10.2 Å². The van der Waals surface area contributed by atoms with Gasteiger partial charge in [-0.25, -0.2) is 15.0 Å². The van der Waals surface area contributed by atoms with Crippen molar-refractivity contribution in [3.63, 3.8) is 0 Å². The summed E-state index contributed by atoms with van der Waals surface area (Å²) in [6.07, 6.45) is 1.63. The van der Waals surface area contributed by atoms with Gasteiger partial charge in [0.25, 0.3) is 0 Å². The van der Waals surface area contributed by atoms with Gasteiger partial charge in [-0.1, -0.05) is 13.8 Å². The van der Waals surface area contributed by atoms with Crippen molar-refractivity contribution in [3.05, 3.63) is 28.0 Å². The van der Waals surface area contributed by atoms with Crippen molar-refractivity contribution in [2.24, 2.45) is 0 Å². The van der Waals surface area contributed by atoms with Crippen LogP contribution in [0.4, 0.5) is 11.6 Å². The number of hydrogen-bond acceptors (Lipinski definition) is 6. The molecule has 0 fully saturated rings. The zero-order chi connectivity index (χ0) is 15.4. The maximum atomic E-state index is 4.51. The number of aromatic nitrogens is 3. The van der Waals surface area contributed by atoms with Crippen molar-refractivity contribution in [2.45, 2.75) is 40.2 Å². The number of hydrogen-bond donors (Lipinski definition) is 1. The number of aryl methyl sites for hydroxylation is 1. The van der Waals surface area contributed by atoms with E-state index < -0.39 is 0 Å². The highest BCUT2D eigenvalue weighted by Gasteiger charge is 2.18. The standard InChI is InChI=1S/C15H23N5S/c1-6-16-14-13(10(2)3)15(18-8-17-14)20(5)7-12-11(4)19-9-21-12/h8-10H,6-7H2,1-5H3,(H,16,17,18). The molecular weight excluding hydrogens is 282 g/mol. The summed E-state index contributed by atoms with van der Waals surface area (Å²) >= 11 is 1.69. The number of nitrogens with one attached hydrogen (secondary N) is 1. The van der Waals surface area contributed by atoms with E-state index >= 15 is 0 Å². The molecule has 21 heavy (non-hydrogen) atoms. The third-order valence-electron chi connectivity index (χ3n) is 3.37. The van der Waals surface area contributed by atoms with E-state index in [-0.39, 0.29) is 0 Å². The van der Waals surface area contributed by atoms with Crippen molar-refractivity contribution in [1.82, 2.24) is 15.0 Å². The molecule has 0 amide bonds. The van der Waals surface area contributed by atoms with Crippen LogP contribution in [0.1, 0.15) is 42.8 Å². The molecule has 2 aromatic rings. The molecule has 0 aliphatic carbocycles. The fraction of sp³-hybridized carbons (Fsp3) is 0.533. The lowest BCUT2D eigenvalue weighted by molar-refractivity contribution is 0.810. The zero-order valence-corrected chi connectivity index (χ0v) is 14.2. The fourth-order valence-electron chi connectivity index (χ4n) is 2.30. The van der Waals surface area contributed by atoms with Crippen molar-refractivity contribution in [1.29, 1.82) is 0 Å². The molecule has 1 N–H and O–H groups in total. The molecule has 0 radical (unpaired) electrons. The molecule has 0 saturated carbocycles. The lowest BCUT2D eigenvalue weighted by Crippen LogP contribution is -2.21. The first kappa shape index (κ1) is 15.7. The number of anilines is 2. The van der Waals surface area contributed by atoms with Gasteiger partial charge in [-0.3, -0.25) is 0 Å². The van der Waals surface area contributed by atoms with E-state index in [0.717, 1.165) is 30.4 Å². The van der Waals surface area contributed by atoms with Crippen LogP contribution in [-0.2, 0) is 6.54 Å². The number of rotatable bonds is 6. The van der Waals surface area contributed by atoms with Crippen molar-refractivity contribution in [3.8, 4) is 0 Å². The summed E-state index contributed by atoms with van der Waals surface area (Å²) < 4.78 is 0. The van der Waals surface area contributed by atoms with Crippen LogP contribution in [0.3, 0.4) is 0 Å². The van der Waals surface area contributed by atoms with E-state index in [2.05, 4.69) is 53.0 Å². The fourth-order valence-corrected chi connectivity index (χ4v) is 3.13. The van der Waals surface area contributed by atoms with Gasteiger partial charge in [0.05, 0.1) is 17.7 Å². The molecule has 2 heterocycles. The Morgan fingerprint density at radius 3 is 2.62 bits per heavy atom. The Labute approximate surface area is 130 Å². The lowest BCUT2D eigenvalue weighted by atomic mass is 10.0. The van der Waals surface area contributed by atoms with Gasteiger partial charge >= 0.3 is 0 Å². The Hall–Kier alpha value is -1.69. The third kappa shape index (κ3) is 3.50. The van der Waals surface area contributed by atoms with E-state index in [1.165, 1.54) is 10.4 Å². The molecule has 0 aliphatic heterocycles. The minimum Gasteiger partial charge on any atom is -0.370 e. The van der Waals surface area contributed by atoms with Crippen LogP contribution >= 0.6 is 11.3 Å². The van der Waals surface area contributed by atoms with Crippen LogP contribution in [-0.4, -0.2) is 28.5 Å². The van der Waals surface area contributed by atoms with Gasteiger partial charge in [0.2, 0.25) is 0 Å². The minimum atomic E-state index is 0.361. The van der Waals surface area contributed by atoms with Crippen LogP contribution in [0, 0.1) is 6.92 Å². The Bertz CT molecular complexity index is 593. The highest BCUT2D eigenvalue weighted by Crippen LogP contribution is 2.31. The summed E-state index contributed by atoms with van der Waals surface area (Å²) in [4.78, 5) is 16.7. The molecule has 0 bridgehead atoms. The van der Waals surface area contributed by atoms with E-state index in [1.807, 2.05) is 12.4 Å². The first-order valence-corrected chi connectivity index (χ1v) is 8.11. The van der Waals surface area contributed by atoms with Crippen molar-refractivity contribution < 1.29 is 0 Å². The molecule has 0 aliphatic rings. The predicted octanol–water partition coefficient (Wildman–Crippen LogP) is 3.43. The molecular formula is C15H23N5S. The summed E-state index contributed by atoms with van der Waals surface area (Å²) in [6.45, 7) is 10.2. The molecule has 0 unspecified atom stereocenters. The van der Waals surface area contributed by atoms with Gasteiger partial charge in [0.15, 0.2) is 0 Å². The highest BCUT2D eigenvalue weighted by molar-refractivity contribution is 7.09. The maximum absolute atomic E-state index is 4.51. The Balaban J connectivity index is 2.33. The quantitative estimate of drug-likeness (QED) is 0.886. The molecule has 5 nitrogen and oxygen atoms in total. The van der Waals surface area contributed by atoms with Crippen LogP contribution in [0.25, 0.3) is 0 Å². The molecule has 114 valence electrons. The van der Waals surface area contributed by atoms with Crippen LogP contribution in [0.2, 0.25) is 0 Å². The summed E-state index contributed by atoms with van der Waals surface area (Å²) in [5.41, 5.74) is 4.16. The number of nitrogens with zero attached hydrogens (tertiary/aromatic N) is 4. The second-order valence-corrected chi connectivity index (χ2v) is 6.30. The normalized spacial score (nSPS) is 11.0. The van der Waals surface area contributed by atoms with Crippen LogP contribution in [0.5, 0.6) is 0 Å². The van der Waals surface area contributed by atoms with E-state index in [1.54, 1.807) is 17.7 Å². The molecule has 6 heteroatoms. The van der Waals surface area contributed by atoms with E-state index in [0.29, 0.717) is 5.92 Å². The Kier molecular flexibility index (Phi) is 5.12. The maximum Gasteiger partial charge on any atom is 0.137 e. The SMILES string of the molecule is CCNc1ncnc(N(C)Cc2scnc2C)c1C(C)C. The molecule has 2 rings (SSSR count). The number of thiazole rings is 1. The predicted molar refractivity (Wildman–Crippen MR) is 89.2 cm³/mol. The first-order valence-electron chi connectivity index (χ1n) is 7.23. The Morgan fingerprint density at radius 2 is 2.05 bits per heavy atom. The Morgan fingerprint density at radius 1 is 1.29 bits per heavy atom. The van der Waals surface area contributed by atoms with E-state index in [4.69, 9.17) is 0 Å². The van der Waals surface area contributed by atoms with Crippen molar-refractivity contribution in [2.75, 3.05) is 23.8 Å². The first-order chi connectivity index (χ1) is 10.0. The molecule has 0 atom stereocenters. The van der Waals surface area contributed by atoms with Gasteiger partial charge in [-0.2, -0.15) is 0 Å². The van der Waals surface area contributed by atoms with Gasteiger partial charge in [-0.15, -0.1) is 11.3 Å². The average Bonchev–Trinajstić information content (AvgIpc) is 2.84. The second kappa shape index (κ2) is 6.85. The summed E-state index contributed by atoms with van der Waals surface area (Å²) in [6, 6.07) is 0. The summed E-state index contributed by atoms with van der Waals surface area (Å²) in [5, 5.41) is 3.34. The topological polar surface area (TPSA) is 53.9 Å². The molecule has 2 aromatic heterocycles. The monoisotopic (exact) mass is 305 g/mol. The van der Waals surface area contributed by atoms with Gasteiger partial charge in [0.1, 0.15) is 18.0 Å². The van der Waals surface area contributed by atoms with Gasteiger partial charge in [0, 0.05) is 24.0 Å². The van der Waals surface area contributed by atoms with E-state index in [9.17, 15) is 0 Å².